The van der Waals surface area contributed by atoms with Crippen molar-refractivity contribution < 1.29 is 8.42 Å². The van der Waals surface area contributed by atoms with Crippen LogP contribution in [0.4, 0.5) is 0 Å². The maximum atomic E-state index is 12.6. The Morgan fingerprint density at radius 1 is 1.33 bits per heavy atom. The molecule has 0 aliphatic heterocycles. The van der Waals surface area contributed by atoms with Gasteiger partial charge in [0.1, 0.15) is 0 Å². The SMILES string of the molecule is Cc1[nH]nc(S(=O)(=O)N(C)Cc2ccccc2Cl)c1CCl. The first-order chi connectivity index (χ1) is 9.87. The summed E-state index contributed by atoms with van der Waals surface area (Å²) in [5, 5.41) is 7.02. The Morgan fingerprint density at radius 3 is 2.62 bits per heavy atom. The van der Waals surface area contributed by atoms with Gasteiger partial charge in [-0.15, -0.1) is 11.6 Å². The molecule has 0 unspecified atom stereocenters. The molecule has 0 aliphatic rings. The number of aromatic nitrogens is 2. The molecule has 0 saturated carbocycles. The van der Waals surface area contributed by atoms with Gasteiger partial charge in [-0.1, -0.05) is 29.8 Å². The van der Waals surface area contributed by atoms with E-state index in [0.29, 0.717) is 16.3 Å². The first-order valence-electron chi connectivity index (χ1n) is 6.17. The second-order valence-corrected chi connectivity index (χ2v) is 7.25. The highest BCUT2D eigenvalue weighted by Crippen LogP contribution is 2.24. The average molecular weight is 348 g/mol. The quantitative estimate of drug-likeness (QED) is 0.845. The van der Waals surface area contributed by atoms with Crippen LogP contribution in [0.2, 0.25) is 5.02 Å². The third kappa shape index (κ3) is 3.23. The molecule has 1 aromatic carbocycles. The Balaban J connectivity index is 2.33. The summed E-state index contributed by atoms with van der Waals surface area (Å²) >= 11 is 11.9. The van der Waals surface area contributed by atoms with E-state index in [0.717, 1.165) is 5.56 Å². The lowest BCUT2D eigenvalue weighted by Crippen LogP contribution is -2.27. The molecule has 0 amide bonds. The fraction of sp³-hybridized carbons (Fsp3) is 0.308. The summed E-state index contributed by atoms with van der Waals surface area (Å²) in [6.07, 6.45) is 0. The first-order valence-corrected chi connectivity index (χ1v) is 8.52. The summed E-state index contributed by atoms with van der Waals surface area (Å²) in [5.74, 6) is 0.0802. The van der Waals surface area contributed by atoms with Crippen LogP contribution in [0.5, 0.6) is 0 Å². The predicted molar refractivity (Wildman–Crippen MR) is 83.0 cm³/mol. The summed E-state index contributed by atoms with van der Waals surface area (Å²) in [6.45, 7) is 1.90. The van der Waals surface area contributed by atoms with E-state index in [9.17, 15) is 8.42 Å². The van der Waals surface area contributed by atoms with Crippen molar-refractivity contribution in [3.63, 3.8) is 0 Å². The van der Waals surface area contributed by atoms with Crippen LogP contribution in [0.15, 0.2) is 29.3 Å². The predicted octanol–water partition coefficient (Wildman–Crippen LogP) is 2.93. The van der Waals surface area contributed by atoms with Crippen LogP contribution >= 0.6 is 23.2 Å². The Labute approximate surface area is 133 Å². The number of rotatable bonds is 5. The van der Waals surface area contributed by atoms with Crippen LogP contribution in [0.3, 0.4) is 0 Å². The van der Waals surface area contributed by atoms with Gasteiger partial charge < -0.3 is 0 Å². The number of sulfonamides is 1. The molecule has 1 heterocycles. The van der Waals surface area contributed by atoms with E-state index in [4.69, 9.17) is 23.2 Å². The van der Waals surface area contributed by atoms with Crippen molar-refractivity contribution in [2.24, 2.45) is 0 Å². The zero-order valence-electron chi connectivity index (χ0n) is 11.6. The number of alkyl halides is 1. The van der Waals surface area contributed by atoms with Gasteiger partial charge >= 0.3 is 0 Å². The summed E-state index contributed by atoms with van der Waals surface area (Å²) < 4.78 is 26.4. The molecule has 0 fully saturated rings. The zero-order valence-corrected chi connectivity index (χ0v) is 13.9. The molecule has 2 aromatic rings. The summed E-state index contributed by atoms with van der Waals surface area (Å²) in [7, 11) is -2.24. The fourth-order valence-corrected chi connectivity index (χ4v) is 3.80. The van der Waals surface area contributed by atoms with Crippen LogP contribution in [0.25, 0.3) is 0 Å². The minimum atomic E-state index is -3.73. The van der Waals surface area contributed by atoms with Crippen LogP contribution in [-0.4, -0.2) is 30.0 Å². The van der Waals surface area contributed by atoms with Gasteiger partial charge in [0, 0.05) is 29.9 Å². The van der Waals surface area contributed by atoms with Crippen molar-refractivity contribution in [1.82, 2.24) is 14.5 Å². The highest BCUT2D eigenvalue weighted by molar-refractivity contribution is 7.89. The van der Waals surface area contributed by atoms with Crippen molar-refractivity contribution in [3.8, 4) is 0 Å². The second-order valence-electron chi connectivity index (χ2n) is 4.62. The number of hydrogen-bond acceptors (Lipinski definition) is 3. The molecular weight excluding hydrogens is 333 g/mol. The molecule has 0 aliphatic carbocycles. The number of halogens is 2. The van der Waals surface area contributed by atoms with Crippen LogP contribution in [-0.2, 0) is 22.4 Å². The van der Waals surface area contributed by atoms with Crippen LogP contribution < -0.4 is 0 Å². The van der Waals surface area contributed by atoms with Gasteiger partial charge in [-0.25, -0.2) is 8.42 Å². The van der Waals surface area contributed by atoms with Crippen LogP contribution in [0, 0.1) is 6.92 Å². The second kappa shape index (κ2) is 6.36. The molecule has 8 heteroatoms. The topological polar surface area (TPSA) is 66.1 Å². The van der Waals surface area contributed by atoms with Crippen molar-refractivity contribution in [1.29, 1.82) is 0 Å². The highest BCUT2D eigenvalue weighted by Gasteiger charge is 2.28. The van der Waals surface area contributed by atoms with Crippen LogP contribution in [0.1, 0.15) is 16.8 Å². The van der Waals surface area contributed by atoms with Gasteiger partial charge in [-0.05, 0) is 18.6 Å². The maximum Gasteiger partial charge on any atom is 0.262 e. The lowest BCUT2D eigenvalue weighted by atomic mass is 10.2. The standard InChI is InChI=1S/C13H15Cl2N3O2S/c1-9-11(7-14)13(17-16-9)21(19,20)18(2)8-10-5-3-4-6-12(10)15/h3-6H,7-8H2,1-2H3,(H,16,17). The van der Waals surface area contributed by atoms with E-state index in [1.54, 1.807) is 25.1 Å². The van der Waals surface area contributed by atoms with Gasteiger partial charge in [-0.3, -0.25) is 5.10 Å². The lowest BCUT2D eigenvalue weighted by molar-refractivity contribution is 0.463. The molecule has 0 spiro atoms. The van der Waals surface area contributed by atoms with Gasteiger partial charge in [0.15, 0.2) is 5.03 Å². The molecule has 2 rings (SSSR count). The van der Waals surface area contributed by atoms with Crippen molar-refractivity contribution in [2.75, 3.05) is 7.05 Å². The minimum absolute atomic E-state index is 0.0375. The Hall–Kier alpha value is -1.08. The largest absolute Gasteiger partial charge is 0.281 e. The van der Waals surface area contributed by atoms with E-state index in [-0.39, 0.29) is 17.5 Å². The van der Waals surface area contributed by atoms with Gasteiger partial charge in [0.25, 0.3) is 10.0 Å². The number of hydrogen-bond donors (Lipinski definition) is 1. The number of H-pyrrole nitrogens is 1. The summed E-state index contributed by atoms with van der Waals surface area (Å²) in [6, 6.07) is 7.11. The Morgan fingerprint density at radius 2 is 2.00 bits per heavy atom. The smallest absolute Gasteiger partial charge is 0.262 e. The van der Waals surface area contributed by atoms with Gasteiger partial charge in [0.05, 0.1) is 5.88 Å². The van der Waals surface area contributed by atoms with Crippen molar-refractivity contribution in [2.45, 2.75) is 24.4 Å². The molecule has 0 radical (unpaired) electrons. The van der Waals surface area contributed by atoms with E-state index < -0.39 is 10.0 Å². The minimum Gasteiger partial charge on any atom is -0.281 e. The lowest BCUT2D eigenvalue weighted by Gasteiger charge is -2.17. The molecule has 114 valence electrons. The third-order valence-corrected chi connectivity index (χ3v) is 5.59. The van der Waals surface area contributed by atoms with Gasteiger partial charge in [-0.2, -0.15) is 9.40 Å². The fourth-order valence-electron chi connectivity index (χ4n) is 1.90. The number of nitrogens with zero attached hydrogens (tertiary/aromatic N) is 2. The monoisotopic (exact) mass is 347 g/mol. The number of benzene rings is 1. The molecule has 1 aromatic heterocycles. The van der Waals surface area contributed by atoms with E-state index >= 15 is 0 Å². The number of nitrogens with one attached hydrogen (secondary N) is 1. The maximum absolute atomic E-state index is 12.6. The zero-order chi connectivity index (χ0) is 15.6. The summed E-state index contributed by atoms with van der Waals surface area (Å²) in [5.41, 5.74) is 1.86. The van der Waals surface area contributed by atoms with E-state index in [2.05, 4.69) is 10.2 Å². The highest BCUT2D eigenvalue weighted by atomic mass is 35.5. The van der Waals surface area contributed by atoms with Gasteiger partial charge in [0.2, 0.25) is 0 Å². The van der Waals surface area contributed by atoms with E-state index in [1.165, 1.54) is 11.4 Å². The molecule has 0 saturated heterocycles. The average Bonchev–Trinajstić information content (AvgIpc) is 2.82. The molecule has 1 N–H and O–H groups in total. The molecule has 21 heavy (non-hydrogen) atoms. The van der Waals surface area contributed by atoms with Crippen molar-refractivity contribution in [3.05, 3.63) is 46.1 Å². The Bertz CT molecular complexity index is 744. The van der Waals surface area contributed by atoms with Crippen molar-refractivity contribution >= 4 is 33.2 Å². The number of aromatic amines is 1. The third-order valence-electron chi connectivity index (χ3n) is 3.18. The molecular formula is C13H15Cl2N3O2S. The molecule has 0 atom stereocenters. The summed E-state index contributed by atoms with van der Waals surface area (Å²) in [4.78, 5) is 0. The number of aryl methyl sites for hydroxylation is 1. The normalized spacial score (nSPS) is 12.0. The Kier molecular flexibility index (Phi) is 4.93. The first kappa shape index (κ1) is 16.3. The van der Waals surface area contributed by atoms with E-state index in [1.807, 2.05) is 6.07 Å². The molecule has 5 nitrogen and oxygen atoms in total. The molecule has 0 bridgehead atoms.